The number of hydrogen-bond acceptors (Lipinski definition) is 10. The van der Waals surface area contributed by atoms with Crippen molar-refractivity contribution < 1.29 is 33.3 Å². The molecule has 14 heteroatoms. The van der Waals surface area contributed by atoms with Crippen molar-refractivity contribution in [2.24, 2.45) is 0 Å². The number of rotatable bonds is 12. The number of anilines is 1. The van der Waals surface area contributed by atoms with Gasteiger partial charge in [0.2, 0.25) is 0 Å². The van der Waals surface area contributed by atoms with E-state index in [-0.39, 0.29) is 18.6 Å². The average Bonchev–Trinajstić information content (AvgIpc) is 3.27. The predicted octanol–water partition coefficient (Wildman–Crippen LogP) is 3.62. The fourth-order valence-corrected chi connectivity index (χ4v) is 4.94. The number of nitrogens with zero attached hydrogens (tertiary/aromatic N) is 4. The molecule has 1 aromatic carbocycles. The molecule has 3 atom stereocenters. The van der Waals surface area contributed by atoms with Crippen LogP contribution in [0.3, 0.4) is 0 Å². The number of esters is 1. The van der Waals surface area contributed by atoms with Crippen LogP contribution in [0.5, 0.6) is 5.75 Å². The van der Waals surface area contributed by atoms with Gasteiger partial charge >= 0.3 is 19.5 Å². The number of fused-ring (bicyclic) bond motifs is 1. The van der Waals surface area contributed by atoms with Gasteiger partial charge in [-0.25, -0.2) is 24.8 Å². The lowest BCUT2D eigenvalue weighted by molar-refractivity contribution is -0.149. The summed E-state index contributed by atoms with van der Waals surface area (Å²) in [5.74, 6) is -0.740. The normalized spacial score (nSPS) is 14.3. The molecule has 0 aliphatic rings. The molecule has 0 saturated carbocycles. The summed E-state index contributed by atoms with van der Waals surface area (Å²) >= 11 is 0. The van der Waals surface area contributed by atoms with Gasteiger partial charge in [0.05, 0.1) is 25.1 Å². The highest BCUT2D eigenvalue weighted by Crippen LogP contribution is 2.44. The van der Waals surface area contributed by atoms with Crippen molar-refractivity contribution in [2.75, 3.05) is 12.1 Å². The van der Waals surface area contributed by atoms with E-state index in [1.807, 2.05) is 13.0 Å². The number of aromatic nitrogens is 4. The Bertz CT molecular complexity index is 1300. The largest absolute Gasteiger partial charge is 0.478 e. The van der Waals surface area contributed by atoms with Crippen LogP contribution in [0.4, 0.5) is 5.82 Å². The number of allylic oxidation sites excluding steroid dienone is 1. The first-order valence-corrected chi connectivity index (χ1v) is 14.0. The Labute approximate surface area is 226 Å². The second-order valence-electron chi connectivity index (χ2n) is 8.69. The molecule has 3 rings (SSSR count). The summed E-state index contributed by atoms with van der Waals surface area (Å²) in [5.41, 5.74) is 6.91. The number of para-hydroxylation sites is 1. The van der Waals surface area contributed by atoms with E-state index in [2.05, 4.69) is 20.0 Å². The van der Waals surface area contributed by atoms with Crippen LogP contribution in [0.2, 0.25) is 0 Å². The van der Waals surface area contributed by atoms with Gasteiger partial charge in [0.25, 0.3) is 0 Å². The van der Waals surface area contributed by atoms with Crippen LogP contribution >= 0.6 is 7.52 Å². The van der Waals surface area contributed by atoms with Crippen LogP contribution in [-0.4, -0.2) is 61.2 Å². The molecule has 2 aromatic heterocycles. The number of carboxylic acid groups (broad SMARTS) is 1. The summed E-state index contributed by atoms with van der Waals surface area (Å²) in [6.07, 6.45) is 4.57. The molecule has 13 nitrogen and oxygen atoms in total. The third kappa shape index (κ3) is 10.5. The molecule has 0 bridgehead atoms. The molecule has 39 heavy (non-hydrogen) atoms. The fraction of sp³-hybridized carbons (Fsp3) is 0.400. The van der Waals surface area contributed by atoms with Crippen LogP contribution in [-0.2, 0) is 30.2 Å². The first kappa shape index (κ1) is 31.4. The van der Waals surface area contributed by atoms with Gasteiger partial charge in [0, 0.05) is 6.08 Å². The van der Waals surface area contributed by atoms with Gasteiger partial charge in [-0.15, -0.1) is 0 Å². The number of benzene rings is 1. The molecule has 0 unspecified atom stereocenters. The van der Waals surface area contributed by atoms with E-state index in [9.17, 15) is 14.2 Å². The number of carbonyl (C=O) groups excluding carboxylic acids is 1. The van der Waals surface area contributed by atoms with Crippen LogP contribution in [0.25, 0.3) is 11.2 Å². The molecule has 0 aliphatic heterocycles. The maximum atomic E-state index is 13.6. The van der Waals surface area contributed by atoms with E-state index in [1.54, 1.807) is 62.9 Å². The van der Waals surface area contributed by atoms with Gasteiger partial charge in [-0.3, -0.25) is 9.36 Å². The monoisotopic (exact) mass is 562 g/mol. The van der Waals surface area contributed by atoms with Crippen molar-refractivity contribution in [3.8, 4) is 5.75 Å². The zero-order chi connectivity index (χ0) is 29.0. The minimum absolute atomic E-state index is 0.272. The van der Waals surface area contributed by atoms with Crippen molar-refractivity contribution >= 4 is 36.4 Å². The average molecular weight is 563 g/mol. The number of nitrogen functional groups attached to an aromatic ring is 1. The molecule has 0 radical (unpaired) electrons. The second kappa shape index (κ2) is 15.0. The van der Waals surface area contributed by atoms with Crippen LogP contribution in [0, 0.1) is 0 Å². The van der Waals surface area contributed by atoms with E-state index in [1.165, 1.54) is 12.4 Å². The van der Waals surface area contributed by atoms with Crippen molar-refractivity contribution in [2.45, 2.75) is 59.4 Å². The predicted molar refractivity (Wildman–Crippen MR) is 146 cm³/mol. The third-order valence-corrected chi connectivity index (χ3v) is 6.59. The smallest absolute Gasteiger partial charge is 0.342 e. The minimum Gasteiger partial charge on any atom is -0.478 e. The Hall–Kier alpha value is -3.80. The molecule has 3 aromatic rings. The van der Waals surface area contributed by atoms with Crippen LogP contribution < -0.4 is 15.3 Å². The summed E-state index contributed by atoms with van der Waals surface area (Å²) in [7, 11) is -3.64. The van der Waals surface area contributed by atoms with Gasteiger partial charge < -0.3 is 29.4 Å². The molecule has 212 valence electrons. The summed E-state index contributed by atoms with van der Waals surface area (Å²) in [4.78, 5) is 34.1. The number of ether oxygens (including phenoxy) is 2. The van der Waals surface area contributed by atoms with Gasteiger partial charge in [-0.2, -0.15) is 0 Å². The number of nitrogens with one attached hydrogen (secondary N) is 1. The number of carboxylic acids is 1. The molecular weight excluding hydrogens is 527 g/mol. The lowest BCUT2D eigenvalue weighted by Gasteiger charge is -2.25. The van der Waals surface area contributed by atoms with E-state index >= 15 is 0 Å². The molecule has 0 fully saturated rings. The third-order valence-electron chi connectivity index (χ3n) is 4.81. The first-order valence-electron chi connectivity index (χ1n) is 12.1. The Balaban J connectivity index is 0.000000798. The fourth-order valence-electron chi connectivity index (χ4n) is 3.15. The van der Waals surface area contributed by atoms with Gasteiger partial charge in [-0.1, -0.05) is 24.3 Å². The summed E-state index contributed by atoms with van der Waals surface area (Å²) < 4.78 is 32.2. The Morgan fingerprint density at radius 3 is 2.44 bits per heavy atom. The highest BCUT2D eigenvalue weighted by molar-refractivity contribution is 7.57. The molecule has 0 saturated heterocycles. The maximum Gasteiger partial charge on any atom is 0.342 e. The van der Waals surface area contributed by atoms with E-state index in [0.717, 1.165) is 6.08 Å². The number of nitrogens with two attached hydrogens (primary N) is 1. The summed E-state index contributed by atoms with van der Waals surface area (Å²) in [6.45, 7) is 8.91. The maximum absolute atomic E-state index is 13.6. The number of hydrogen-bond donors (Lipinski definition) is 3. The summed E-state index contributed by atoms with van der Waals surface area (Å²) in [5, 5.41) is 10.6. The Kier molecular flexibility index (Phi) is 12.1. The van der Waals surface area contributed by atoms with Gasteiger partial charge in [-0.05, 0) is 46.8 Å². The van der Waals surface area contributed by atoms with Crippen molar-refractivity contribution in [1.29, 1.82) is 0 Å². The zero-order valence-corrected chi connectivity index (χ0v) is 23.4. The number of carbonyl (C=O) groups is 2. The van der Waals surface area contributed by atoms with Crippen LogP contribution in [0.15, 0.2) is 55.1 Å². The lowest BCUT2D eigenvalue weighted by atomic mass is 10.3. The molecule has 4 N–H and O–H groups in total. The summed E-state index contributed by atoms with van der Waals surface area (Å²) in [6, 6.07) is 7.83. The quantitative estimate of drug-likeness (QED) is 0.166. The molecular formula is C25H35N6O7P. The zero-order valence-electron chi connectivity index (χ0n) is 22.6. The van der Waals surface area contributed by atoms with E-state index < -0.39 is 25.5 Å². The molecule has 0 spiro atoms. The highest BCUT2D eigenvalue weighted by atomic mass is 31.2. The van der Waals surface area contributed by atoms with Gasteiger partial charge in [0.15, 0.2) is 11.5 Å². The van der Waals surface area contributed by atoms with Crippen molar-refractivity contribution in [1.82, 2.24) is 24.6 Å². The minimum atomic E-state index is -3.64. The molecule has 0 aliphatic carbocycles. The van der Waals surface area contributed by atoms with E-state index in [4.69, 9.17) is 24.8 Å². The Morgan fingerprint density at radius 2 is 1.85 bits per heavy atom. The standard InChI is InChI=1S/C21H29N6O5P.C4H6O2/c1-14(2)31-21(28)16(4)26-33(29,32-17-8-6-5-7-9-17)13-30-15(3)10-27-12-25-18-19(22)23-11-24-20(18)27;1-2-3-4(5)6/h5-9,11-12,14-16H,10,13H2,1-4H3,(H,26,29)(H2,22,23,24);2-3H,1H3,(H,5,6)/b;3-2+/t15-,16+,33+;/m1./s1. The molecule has 0 amide bonds. The first-order chi connectivity index (χ1) is 18.4. The van der Waals surface area contributed by atoms with E-state index in [0.29, 0.717) is 29.3 Å². The number of imidazole rings is 1. The van der Waals surface area contributed by atoms with Crippen LogP contribution in [0.1, 0.15) is 34.6 Å². The lowest BCUT2D eigenvalue weighted by Crippen LogP contribution is -2.37. The van der Waals surface area contributed by atoms with Gasteiger partial charge in [0.1, 0.15) is 30.0 Å². The highest BCUT2D eigenvalue weighted by Gasteiger charge is 2.32. The van der Waals surface area contributed by atoms with Crippen molar-refractivity contribution in [3.63, 3.8) is 0 Å². The topological polar surface area (TPSA) is 181 Å². The number of aliphatic carboxylic acids is 1. The van der Waals surface area contributed by atoms with Crippen molar-refractivity contribution in [3.05, 3.63) is 55.1 Å². The molecule has 2 heterocycles. The SMILES string of the molecule is C/C=C/C(=O)O.CC(C)OC(=O)[C@H](C)N[P@](=O)(CO[C@H](C)Cn1cnc2c(N)ncnc21)Oc1ccccc1. The second-order valence-corrected chi connectivity index (χ2v) is 10.7. The Morgan fingerprint density at radius 1 is 1.15 bits per heavy atom.